The Morgan fingerprint density at radius 1 is 1.04 bits per heavy atom. The van der Waals surface area contributed by atoms with E-state index in [1.54, 1.807) is 27.7 Å². The molecule has 0 saturated carbocycles. The monoisotopic (exact) mass is 336 g/mol. The summed E-state index contributed by atoms with van der Waals surface area (Å²) in [5, 5.41) is 35.0. The standard InChI is InChI=1S/C8H18O2.C6H14O.C4H8O2/c1-5-7(9)6(2)8(3,4)10;1-2-3-4-5-6-7;1-3(2)4(5)6/h6-7,9-10H,5H2,1-4H3;7H,2-6H2,1H3;3H,1-2H3,(H,5,6). The fourth-order valence-electron chi connectivity index (χ4n) is 1.36. The number of aliphatic hydroxyl groups excluding tert-OH is 2. The Morgan fingerprint density at radius 2 is 1.48 bits per heavy atom. The Labute approximate surface area is 142 Å². The molecule has 142 valence electrons. The number of rotatable bonds is 8. The molecule has 0 radical (unpaired) electrons. The number of hydrogen-bond donors (Lipinski definition) is 4. The minimum atomic E-state index is -0.768. The van der Waals surface area contributed by atoms with Gasteiger partial charge in [-0.15, -0.1) is 0 Å². The summed E-state index contributed by atoms with van der Waals surface area (Å²) in [7, 11) is 0. The van der Waals surface area contributed by atoms with E-state index < -0.39 is 11.6 Å². The van der Waals surface area contributed by atoms with Crippen molar-refractivity contribution in [2.24, 2.45) is 11.8 Å². The third kappa shape index (κ3) is 21.4. The molecule has 2 atom stereocenters. The maximum absolute atomic E-state index is 9.70. The lowest BCUT2D eigenvalue weighted by molar-refractivity contribution is -0.140. The number of carboxylic acid groups (broad SMARTS) is 1. The van der Waals surface area contributed by atoms with Crippen LogP contribution in [0.25, 0.3) is 0 Å². The van der Waals surface area contributed by atoms with Gasteiger partial charge in [-0.1, -0.05) is 53.9 Å². The van der Waals surface area contributed by atoms with Gasteiger partial charge in [0.2, 0.25) is 0 Å². The summed E-state index contributed by atoms with van der Waals surface area (Å²) in [5.41, 5.74) is -0.768. The highest BCUT2D eigenvalue weighted by Gasteiger charge is 2.27. The Kier molecular flexibility index (Phi) is 19.2. The molecule has 0 aromatic carbocycles. The van der Waals surface area contributed by atoms with E-state index in [0.717, 1.165) is 6.42 Å². The summed E-state index contributed by atoms with van der Waals surface area (Å²) in [6.07, 6.45) is 4.99. The van der Waals surface area contributed by atoms with Gasteiger partial charge in [0.25, 0.3) is 0 Å². The average Bonchev–Trinajstić information content (AvgIpc) is 2.46. The third-order valence-electron chi connectivity index (χ3n) is 3.62. The molecule has 0 rings (SSSR count). The Balaban J connectivity index is -0.000000272. The second-order valence-corrected chi connectivity index (χ2v) is 6.70. The second-order valence-electron chi connectivity index (χ2n) is 6.70. The summed E-state index contributed by atoms with van der Waals surface area (Å²) >= 11 is 0. The normalized spacial score (nSPS) is 13.3. The van der Waals surface area contributed by atoms with Crippen molar-refractivity contribution in [3.63, 3.8) is 0 Å². The SMILES string of the molecule is CC(C)C(=O)O.CCC(O)C(C)C(C)(C)O.CCCCCCO. The third-order valence-corrected chi connectivity index (χ3v) is 3.62. The van der Waals surface area contributed by atoms with Gasteiger partial charge in [0, 0.05) is 12.5 Å². The summed E-state index contributed by atoms with van der Waals surface area (Å²) in [6.45, 7) is 13.0. The van der Waals surface area contributed by atoms with E-state index in [2.05, 4.69) is 6.92 Å². The van der Waals surface area contributed by atoms with Gasteiger partial charge in [-0.25, -0.2) is 0 Å². The Bertz CT molecular complexity index is 255. The molecule has 5 nitrogen and oxygen atoms in total. The first-order chi connectivity index (χ1) is 10.4. The van der Waals surface area contributed by atoms with Crippen LogP contribution in [0.5, 0.6) is 0 Å². The molecule has 0 bridgehead atoms. The van der Waals surface area contributed by atoms with Gasteiger partial charge in [-0.05, 0) is 26.7 Å². The van der Waals surface area contributed by atoms with E-state index >= 15 is 0 Å². The lowest BCUT2D eigenvalue weighted by atomic mass is 9.87. The van der Waals surface area contributed by atoms with Gasteiger partial charge in [0.05, 0.1) is 17.6 Å². The molecule has 2 unspecified atom stereocenters. The summed E-state index contributed by atoms with van der Waals surface area (Å²) in [4.78, 5) is 9.70. The van der Waals surface area contributed by atoms with Gasteiger partial charge in [0.1, 0.15) is 0 Å². The molecule has 4 N–H and O–H groups in total. The molecule has 0 aliphatic carbocycles. The predicted octanol–water partition coefficient (Wildman–Crippen LogP) is 3.45. The van der Waals surface area contributed by atoms with Crippen molar-refractivity contribution in [2.75, 3.05) is 6.61 Å². The van der Waals surface area contributed by atoms with Crippen LogP contribution in [0, 0.1) is 11.8 Å². The van der Waals surface area contributed by atoms with Gasteiger partial charge in [-0.3, -0.25) is 4.79 Å². The van der Waals surface area contributed by atoms with Crippen molar-refractivity contribution in [3.05, 3.63) is 0 Å². The van der Waals surface area contributed by atoms with Crippen LogP contribution in [0.1, 0.15) is 80.6 Å². The van der Waals surface area contributed by atoms with Crippen molar-refractivity contribution in [2.45, 2.75) is 92.3 Å². The van der Waals surface area contributed by atoms with Crippen molar-refractivity contribution in [1.29, 1.82) is 0 Å². The highest BCUT2D eigenvalue weighted by Crippen LogP contribution is 2.20. The Morgan fingerprint density at radius 3 is 1.65 bits per heavy atom. The number of carbonyl (C=O) groups is 1. The molecule has 0 amide bonds. The lowest BCUT2D eigenvalue weighted by Gasteiger charge is -2.29. The number of hydrogen-bond acceptors (Lipinski definition) is 4. The molecule has 0 aromatic heterocycles. The highest BCUT2D eigenvalue weighted by molar-refractivity contribution is 5.68. The first-order valence-electron chi connectivity index (χ1n) is 8.69. The fourth-order valence-corrected chi connectivity index (χ4v) is 1.36. The Hall–Kier alpha value is -0.650. The highest BCUT2D eigenvalue weighted by atomic mass is 16.4. The fraction of sp³-hybridized carbons (Fsp3) is 0.944. The molecule has 23 heavy (non-hydrogen) atoms. The topological polar surface area (TPSA) is 98.0 Å². The number of carboxylic acids is 1. The van der Waals surface area contributed by atoms with Gasteiger partial charge >= 0.3 is 5.97 Å². The van der Waals surface area contributed by atoms with E-state index in [0.29, 0.717) is 13.0 Å². The molecule has 0 fully saturated rings. The van der Waals surface area contributed by atoms with Gasteiger partial charge in [0.15, 0.2) is 0 Å². The predicted molar refractivity (Wildman–Crippen MR) is 95.5 cm³/mol. The van der Waals surface area contributed by atoms with Crippen molar-refractivity contribution in [1.82, 2.24) is 0 Å². The maximum Gasteiger partial charge on any atom is 0.305 e. The van der Waals surface area contributed by atoms with E-state index in [-0.39, 0.29) is 17.9 Å². The van der Waals surface area contributed by atoms with Crippen LogP contribution in [0.3, 0.4) is 0 Å². The van der Waals surface area contributed by atoms with Gasteiger partial charge < -0.3 is 20.4 Å². The first-order valence-corrected chi connectivity index (χ1v) is 8.69. The smallest absolute Gasteiger partial charge is 0.305 e. The van der Waals surface area contributed by atoms with E-state index in [4.69, 9.17) is 10.2 Å². The zero-order valence-electron chi connectivity index (χ0n) is 16.2. The average molecular weight is 337 g/mol. The maximum atomic E-state index is 9.70. The summed E-state index contributed by atoms with van der Waals surface area (Å²) in [6, 6.07) is 0. The quantitative estimate of drug-likeness (QED) is 0.509. The van der Waals surface area contributed by atoms with Gasteiger partial charge in [-0.2, -0.15) is 0 Å². The van der Waals surface area contributed by atoms with E-state index in [9.17, 15) is 15.0 Å². The molecule has 0 heterocycles. The second kappa shape index (κ2) is 16.2. The lowest BCUT2D eigenvalue weighted by Crippen LogP contribution is -2.36. The molecule has 0 aromatic rings. The number of unbranched alkanes of at least 4 members (excludes halogenated alkanes) is 3. The largest absolute Gasteiger partial charge is 0.481 e. The first kappa shape index (κ1) is 27.2. The van der Waals surface area contributed by atoms with Crippen LogP contribution in [-0.4, -0.2) is 44.7 Å². The van der Waals surface area contributed by atoms with Crippen LogP contribution >= 0.6 is 0 Å². The minimum absolute atomic E-state index is 0.0579. The summed E-state index contributed by atoms with van der Waals surface area (Å²) < 4.78 is 0. The van der Waals surface area contributed by atoms with Crippen LogP contribution in [0.4, 0.5) is 0 Å². The van der Waals surface area contributed by atoms with Crippen LogP contribution < -0.4 is 0 Å². The van der Waals surface area contributed by atoms with E-state index in [1.807, 2.05) is 13.8 Å². The van der Waals surface area contributed by atoms with Crippen molar-refractivity contribution in [3.8, 4) is 0 Å². The molecule has 0 spiro atoms. The van der Waals surface area contributed by atoms with Crippen LogP contribution in [0.2, 0.25) is 0 Å². The van der Waals surface area contributed by atoms with Crippen LogP contribution in [0.15, 0.2) is 0 Å². The van der Waals surface area contributed by atoms with E-state index in [1.165, 1.54) is 19.3 Å². The molecule has 0 aliphatic rings. The number of aliphatic carboxylic acids is 1. The number of aliphatic hydroxyl groups is 3. The molecular formula is C18H40O5. The van der Waals surface area contributed by atoms with Crippen molar-refractivity contribution < 1.29 is 25.2 Å². The minimum Gasteiger partial charge on any atom is -0.481 e. The molecular weight excluding hydrogens is 296 g/mol. The molecule has 0 saturated heterocycles. The van der Waals surface area contributed by atoms with Crippen LogP contribution in [-0.2, 0) is 4.79 Å². The molecule has 5 heteroatoms. The zero-order valence-corrected chi connectivity index (χ0v) is 16.2. The van der Waals surface area contributed by atoms with Crippen molar-refractivity contribution >= 4 is 5.97 Å². The zero-order chi connectivity index (χ0) is 19.1. The summed E-state index contributed by atoms with van der Waals surface area (Å²) in [5.74, 6) is -1.03. The molecule has 0 aliphatic heterocycles.